The molecule has 0 radical (unpaired) electrons. The molecule has 1 aliphatic carbocycles. The molecule has 0 aromatic heterocycles. The zero-order chi connectivity index (χ0) is 15.2. The van der Waals surface area contributed by atoms with Crippen LogP contribution in [0.2, 0.25) is 0 Å². The first-order chi connectivity index (χ1) is 9.30. The van der Waals surface area contributed by atoms with E-state index in [2.05, 4.69) is 10.6 Å². The van der Waals surface area contributed by atoms with E-state index in [0.29, 0.717) is 12.5 Å². The van der Waals surface area contributed by atoms with Gasteiger partial charge in [-0.15, -0.1) is 11.6 Å². The van der Waals surface area contributed by atoms with E-state index in [-0.39, 0.29) is 23.9 Å². The largest absolute Gasteiger partial charge is 0.444 e. The van der Waals surface area contributed by atoms with Crippen molar-refractivity contribution in [3.05, 3.63) is 0 Å². The average Bonchev–Trinajstić information content (AvgIpc) is 2.36. The number of carbonyl (C=O) groups is 2. The summed E-state index contributed by atoms with van der Waals surface area (Å²) in [7, 11) is 0. The normalized spacial score (nSPS) is 23.0. The van der Waals surface area contributed by atoms with Crippen molar-refractivity contribution >= 4 is 23.6 Å². The Hall–Kier alpha value is -0.970. The van der Waals surface area contributed by atoms with Crippen LogP contribution in [0, 0.1) is 5.92 Å². The van der Waals surface area contributed by atoms with E-state index in [4.69, 9.17) is 16.3 Å². The molecule has 0 atom stereocenters. The SMILES string of the molecule is CC(C)(C)OC(=O)NCC1CCC(NC(=O)CCl)CC1. The lowest BCUT2D eigenvalue weighted by Gasteiger charge is -2.29. The number of amides is 2. The molecule has 0 saturated heterocycles. The first-order valence-electron chi connectivity index (χ1n) is 7.12. The first kappa shape index (κ1) is 17.1. The number of carbonyl (C=O) groups excluding carboxylic acids is 2. The second kappa shape index (κ2) is 7.72. The van der Waals surface area contributed by atoms with E-state index in [1.54, 1.807) is 0 Å². The summed E-state index contributed by atoms with van der Waals surface area (Å²) in [6, 6.07) is 0.221. The molecule has 1 saturated carbocycles. The Labute approximate surface area is 125 Å². The van der Waals surface area contributed by atoms with Crippen LogP contribution in [0.3, 0.4) is 0 Å². The van der Waals surface area contributed by atoms with Crippen LogP contribution in [0.4, 0.5) is 4.79 Å². The van der Waals surface area contributed by atoms with Crippen LogP contribution in [-0.2, 0) is 9.53 Å². The van der Waals surface area contributed by atoms with Gasteiger partial charge in [0.05, 0.1) is 0 Å². The van der Waals surface area contributed by atoms with Gasteiger partial charge in [0.25, 0.3) is 0 Å². The second-order valence-electron chi connectivity index (χ2n) is 6.30. The van der Waals surface area contributed by atoms with E-state index in [1.165, 1.54) is 0 Å². The summed E-state index contributed by atoms with van der Waals surface area (Å²) in [5.41, 5.74) is -0.465. The van der Waals surface area contributed by atoms with Crippen LogP contribution in [0.25, 0.3) is 0 Å². The quantitative estimate of drug-likeness (QED) is 0.784. The third kappa shape index (κ3) is 6.98. The summed E-state index contributed by atoms with van der Waals surface area (Å²) in [6.07, 6.45) is 3.48. The van der Waals surface area contributed by atoms with Crippen molar-refractivity contribution in [2.75, 3.05) is 12.4 Å². The molecule has 116 valence electrons. The molecule has 0 aromatic rings. The predicted octanol–water partition coefficient (Wildman–Crippen LogP) is 2.42. The fourth-order valence-electron chi connectivity index (χ4n) is 2.32. The molecule has 1 rings (SSSR count). The van der Waals surface area contributed by atoms with Crippen LogP contribution in [0.5, 0.6) is 0 Å². The highest BCUT2D eigenvalue weighted by Crippen LogP contribution is 2.23. The fourth-order valence-corrected chi connectivity index (χ4v) is 2.40. The Bertz CT molecular complexity index is 334. The number of nitrogens with one attached hydrogen (secondary N) is 2. The maximum atomic E-state index is 11.5. The van der Waals surface area contributed by atoms with Gasteiger partial charge in [0, 0.05) is 12.6 Å². The lowest BCUT2D eigenvalue weighted by Crippen LogP contribution is -2.41. The zero-order valence-electron chi connectivity index (χ0n) is 12.5. The molecule has 0 heterocycles. The van der Waals surface area contributed by atoms with Gasteiger partial charge in [0.15, 0.2) is 0 Å². The van der Waals surface area contributed by atoms with E-state index in [9.17, 15) is 9.59 Å². The third-order valence-electron chi connectivity index (χ3n) is 3.27. The number of rotatable bonds is 4. The first-order valence-corrected chi connectivity index (χ1v) is 7.66. The maximum absolute atomic E-state index is 11.5. The molecule has 0 spiro atoms. The van der Waals surface area contributed by atoms with Gasteiger partial charge >= 0.3 is 6.09 Å². The van der Waals surface area contributed by atoms with E-state index >= 15 is 0 Å². The average molecular weight is 305 g/mol. The van der Waals surface area contributed by atoms with Crippen molar-refractivity contribution in [3.63, 3.8) is 0 Å². The van der Waals surface area contributed by atoms with Crippen molar-refractivity contribution in [1.29, 1.82) is 0 Å². The summed E-state index contributed by atoms with van der Waals surface area (Å²) in [6.45, 7) is 6.16. The summed E-state index contributed by atoms with van der Waals surface area (Å²) in [5.74, 6) is 0.355. The molecule has 0 bridgehead atoms. The minimum Gasteiger partial charge on any atom is -0.444 e. The molecule has 1 aliphatic rings. The van der Waals surface area contributed by atoms with Gasteiger partial charge < -0.3 is 15.4 Å². The summed E-state index contributed by atoms with van der Waals surface area (Å²) in [4.78, 5) is 22.7. The molecule has 1 fully saturated rings. The van der Waals surface area contributed by atoms with E-state index in [0.717, 1.165) is 25.7 Å². The van der Waals surface area contributed by atoms with Crippen LogP contribution in [-0.4, -0.2) is 36.1 Å². The Morgan fingerprint density at radius 3 is 2.30 bits per heavy atom. The molecule has 0 aromatic carbocycles. The smallest absolute Gasteiger partial charge is 0.407 e. The minimum absolute atomic E-state index is 0.0140. The van der Waals surface area contributed by atoms with E-state index in [1.807, 2.05) is 20.8 Å². The van der Waals surface area contributed by atoms with Crippen LogP contribution in [0.15, 0.2) is 0 Å². The molecular weight excluding hydrogens is 280 g/mol. The van der Waals surface area contributed by atoms with Crippen LogP contribution < -0.4 is 10.6 Å². The molecule has 5 nitrogen and oxygen atoms in total. The van der Waals surface area contributed by atoms with E-state index < -0.39 is 5.60 Å². The van der Waals surface area contributed by atoms with Crippen molar-refractivity contribution in [2.45, 2.75) is 58.1 Å². The standard InChI is InChI=1S/C14H25ClN2O3/c1-14(2,3)20-13(19)16-9-10-4-6-11(7-5-10)17-12(18)8-15/h10-11H,4-9H2,1-3H3,(H,16,19)(H,17,18). The molecule has 0 aliphatic heterocycles. The molecule has 2 N–H and O–H groups in total. The Kier molecular flexibility index (Phi) is 6.59. The maximum Gasteiger partial charge on any atom is 0.407 e. The molecule has 2 amide bonds. The summed E-state index contributed by atoms with van der Waals surface area (Å²) < 4.78 is 5.20. The van der Waals surface area contributed by atoms with Gasteiger partial charge in [-0.05, 0) is 52.4 Å². The third-order valence-corrected chi connectivity index (χ3v) is 3.51. The predicted molar refractivity (Wildman–Crippen MR) is 78.8 cm³/mol. The second-order valence-corrected chi connectivity index (χ2v) is 6.57. The molecule has 20 heavy (non-hydrogen) atoms. The molecule has 0 unspecified atom stereocenters. The van der Waals surface area contributed by atoms with Gasteiger partial charge in [0.2, 0.25) is 5.91 Å². The highest BCUT2D eigenvalue weighted by atomic mass is 35.5. The highest BCUT2D eigenvalue weighted by Gasteiger charge is 2.23. The highest BCUT2D eigenvalue weighted by molar-refractivity contribution is 6.27. The number of alkyl halides is 1. The lowest BCUT2D eigenvalue weighted by molar-refractivity contribution is -0.119. The van der Waals surface area contributed by atoms with Crippen LogP contribution in [0.1, 0.15) is 46.5 Å². The monoisotopic (exact) mass is 304 g/mol. The Balaban J connectivity index is 2.19. The van der Waals surface area contributed by atoms with Crippen molar-refractivity contribution in [1.82, 2.24) is 10.6 Å². The van der Waals surface area contributed by atoms with Gasteiger partial charge in [-0.2, -0.15) is 0 Å². The van der Waals surface area contributed by atoms with Crippen LogP contribution >= 0.6 is 11.6 Å². The van der Waals surface area contributed by atoms with Gasteiger partial charge in [-0.25, -0.2) is 4.79 Å². The van der Waals surface area contributed by atoms with Crippen molar-refractivity contribution < 1.29 is 14.3 Å². The number of ether oxygens (including phenoxy) is 1. The van der Waals surface area contributed by atoms with Gasteiger partial charge in [0.1, 0.15) is 11.5 Å². The Morgan fingerprint density at radius 1 is 1.20 bits per heavy atom. The number of halogens is 1. The number of hydrogen-bond donors (Lipinski definition) is 2. The summed E-state index contributed by atoms with van der Waals surface area (Å²) in [5, 5.41) is 5.71. The zero-order valence-corrected chi connectivity index (χ0v) is 13.3. The van der Waals surface area contributed by atoms with Gasteiger partial charge in [-0.1, -0.05) is 0 Å². The fraction of sp³-hybridized carbons (Fsp3) is 0.857. The summed E-state index contributed by atoms with van der Waals surface area (Å²) >= 11 is 5.46. The molecule has 6 heteroatoms. The van der Waals surface area contributed by atoms with Crippen molar-refractivity contribution in [3.8, 4) is 0 Å². The number of alkyl carbamates (subject to hydrolysis) is 1. The topological polar surface area (TPSA) is 67.4 Å². The number of hydrogen-bond acceptors (Lipinski definition) is 3. The minimum atomic E-state index is -0.465. The molecular formula is C14H25ClN2O3. The van der Waals surface area contributed by atoms with Gasteiger partial charge in [-0.3, -0.25) is 4.79 Å². The lowest BCUT2D eigenvalue weighted by atomic mass is 9.86. The Morgan fingerprint density at radius 2 is 1.80 bits per heavy atom. The van der Waals surface area contributed by atoms with Crippen molar-refractivity contribution in [2.24, 2.45) is 5.92 Å².